The lowest BCUT2D eigenvalue weighted by molar-refractivity contribution is 0.315. The van der Waals surface area contributed by atoms with Crippen LogP contribution in [0.3, 0.4) is 0 Å². The van der Waals surface area contributed by atoms with Gasteiger partial charge in [0.15, 0.2) is 15.8 Å². The maximum absolute atomic E-state index is 11.5. The maximum Gasteiger partial charge on any atom is 0.188 e. The Labute approximate surface area is 103 Å². The standard InChI is InChI=1S/C11H21N3O2S/c1-17(15,16)11(5-6-11)8-14-10(12)13-7-9-3-2-4-9/h9H,2-8H2,1H3,(H3,12,13,14). The normalized spacial score (nSPS) is 24.2. The molecule has 0 radical (unpaired) electrons. The van der Waals surface area contributed by atoms with Gasteiger partial charge in [0, 0.05) is 12.8 Å². The first kappa shape index (κ1) is 12.7. The number of hydrogen-bond donors (Lipinski definition) is 2. The van der Waals surface area contributed by atoms with Crippen LogP contribution in [0, 0.1) is 5.92 Å². The molecule has 0 aromatic carbocycles. The predicted octanol–water partition coefficient (Wildman–Crippen LogP) is 0.268. The minimum atomic E-state index is -3.00. The zero-order valence-electron chi connectivity index (χ0n) is 10.3. The first-order valence-electron chi connectivity index (χ1n) is 6.16. The molecule has 98 valence electrons. The topological polar surface area (TPSA) is 84.5 Å². The quantitative estimate of drug-likeness (QED) is 0.548. The second-order valence-electron chi connectivity index (χ2n) is 5.33. The number of sulfone groups is 1. The number of rotatable bonds is 5. The monoisotopic (exact) mass is 259 g/mol. The Morgan fingerprint density at radius 3 is 2.53 bits per heavy atom. The summed E-state index contributed by atoms with van der Waals surface area (Å²) in [5, 5.41) is 3.07. The van der Waals surface area contributed by atoms with Crippen LogP contribution < -0.4 is 11.1 Å². The molecule has 2 rings (SSSR count). The third-order valence-corrected chi connectivity index (χ3v) is 6.04. The van der Waals surface area contributed by atoms with Gasteiger partial charge in [0.1, 0.15) is 0 Å². The summed E-state index contributed by atoms with van der Waals surface area (Å²) >= 11 is 0. The van der Waals surface area contributed by atoms with Gasteiger partial charge in [-0.15, -0.1) is 0 Å². The van der Waals surface area contributed by atoms with E-state index in [0.717, 1.165) is 6.54 Å². The molecule has 0 aliphatic heterocycles. The van der Waals surface area contributed by atoms with E-state index >= 15 is 0 Å². The number of nitrogens with zero attached hydrogens (tertiary/aromatic N) is 1. The van der Waals surface area contributed by atoms with Crippen molar-refractivity contribution in [3.8, 4) is 0 Å². The van der Waals surface area contributed by atoms with E-state index in [0.29, 0.717) is 31.3 Å². The van der Waals surface area contributed by atoms with Gasteiger partial charge in [0.2, 0.25) is 0 Å². The lowest BCUT2D eigenvalue weighted by atomic mass is 9.85. The van der Waals surface area contributed by atoms with Crippen molar-refractivity contribution in [1.29, 1.82) is 0 Å². The summed E-state index contributed by atoms with van der Waals surface area (Å²) in [6.07, 6.45) is 6.53. The average Bonchev–Trinajstić information content (AvgIpc) is 2.91. The SMILES string of the molecule is CS(=O)(=O)C1(CN=C(N)NCC2CCC2)CC1. The summed E-state index contributed by atoms with van der Waals surface area (Å²) in [7, 11) is -3.00. The molecular weight excluding hydrogens is 238 g/mol. The molecule has 2 aliphatic rings. The van der Waals surface area contributed by atoms with Crippen molar-refractivity contribution in [2.75, 3.05) is 19.3 Å². The molecule has 0 saturated heterocycles. The number of guanidine groups is 1. The fraction of sp³-hybridized carbons (Fsp3) is 0.909. The van der Waals surface area contributed by atoms with E-state index in [1.807, 2.05) is 0 Å². The Balaban J connectivity index is 1.79. The minimum Gasteiger partial charge on any atom is -0.370 e. The molecular formula is C11H21N3O2S. The molecule has 0 amide bonds. The number of hydrogen-bond acceptors (Lipinski definition) is 3. The Morgan fingerprint density at radius 1 is 1.47 bits per heavy atom. The second-order valence-corrected chi connectivity index (χ2v) is 7.74. The van der Waals surface area contributed by atoms with Crippen molar-refractivity contribution < 1.29 is 8.42 Å². The van der Waals surface area contributed by atoms with Crippen LogP contribution in [-0.4, -0.2) is 38.5 Å². The molecule has 6 heteroatoms. The molecule has 17 heavy (non-hydrogen) atoms. The molecule has 2 saturated carbocycles. The summed E-state index contributed by atoms with van der Waals surface area (Å²) in [5.41, 5.74) is 5.72. The molecule has 2 fully saturated rings. The van der Waals surface area contributed by atoms with Gasteiger partial charge >= 0.3 is 0 Å². The van der Waals surface area contributed by atoms with E-state index in [2.05, 4.69) is 10.3 Å². The Kier molecular flexibility index (Phi) is 3.34. The van der Waals surface area contributed by atoms with Crippen molar-refractivity contribution >= 4 is 15.8 Å². The van der Waals surface area contributed by atoms with Gasteiger partial charge in [0.25, 0.3) is 0 Å². The molecule has 0 aromatic heterocycles. The van der Waals surface area contributed by atoms with Gasteiger partial charge in [-0.3, -0.25) is 4.99 Å². The van der Waals surface area contributed by atoms with Crippen LogP contribution in [0.25, 0.3) is 0 Å². The molecule has 0 aromatic rings. The van der Waals surface area contributed by atoms with E-state index in [1.165, 1.54) is 25.5 Å². The van der Waals surface area contributed by atoms with Crippen molar-refractivity contribution in [3.63, 3.8) is 0 Å². The number of nitrogens with two attached hydrogens (primary N) is 1. The van der Waals surface area contributed by atoms with Gasteiger partial charge in [-0.2, -0.15) is 0 Å². The zero-order chi connectivity index (χ0) is 12.5. The molecule has 0 heterocycles. The van der Waals surface area contributed by atoms with Crippen LogP contribution in [0.1, 0.15) is 32.1 Å². The molecule has 5 nitrogen and oxygen atoms in total. The molecule has 2 aliphatic carbocycles. The average molecular weight is 259 g/mol. The first-order valence-corrected chi connectivity index (χ1v) is 8.05. The number of aliphatic imine (C=N–C) groups is 1. The Morgan fingerprint density at radius 2 is 2.12 bits per heavy atom. The van der Waals surface area contributed by atoms with Gasteiger partial charge in [-0.05, 0) is 31.6 Å². The van der Waals surface area contributed by atoms with Crippen LogP contribution >= 0.6 is 0 Å². The smallest absolute Gasteiger partial charge is 0.188 e. The Bertz CT molecular complexity index is 408. The lowest BCUT2D eigenvalue weighted by Crippen LogP contribution is -2.38. The largest absolute Gasteiger partial charge is 0.370 e. The first-order chi connectivity index (χ1) is 7.93. The van der Waals surface area contributed by atoms with Crippen molar-refractivity contribution in [1.82, 2.24) is 5.32 Å². The van der Waals surface area contributed by atoms with Crippen molar-refractivity contribution in [2.24, 2.45) is 16.6 Å². The highest BCUT2D eigenvalue weighted by Crippen LogP contribution is 2.43. The van der Waals surface area contributed by atoms with Crippen LogP contribution in [0.4, 0.5) is 0 Å². The second kappa shape index (κ2) is 4.48. The highest BCUT2D eigenvalue weighted by molar-refractivity contribution is 7.92. The number of nitrogens with one attached hydrogen (secondary N) is 1. The lowest BCUT2D eigenvalue weighted by Gasteiger charge is -2.25. The molecule has 0 atom stereocenters. The van der Waals surface area contributed by atoms with E-state index in [-0.39, 0.29) is 0 Å². The highest BCUT2D eigenvalue weighted by Gasteiger charge is 2.51. The summed E-state index contributed by atoms with van der Waals surface area (Å²) in [6, 6.07) is 0. The molecule has 0 bridgehead atoms. The molecule has 0 spiro atoms. The summed E-state index contributed by atoms with van der Waals surface area (Å²) in [5.74, 6) is 1.10. The van der Waals surface area contributed by atoms with Crippen LogP contribution in [0.5, 0.6) is 0 Å². The van der Waals surface area contributed by atoms with Crippen LogP contribution in [-0.2, 0) is 9.84 Å². The molecule has 0 unspecified atom stereocenters. The van der Waals surface area contributed by atoms with Gasteiger partial charge in [-0.1, -0.05) is 6.42 Å². The minimum absolute atomic E-state index is 0.301. The van der Waals surface area contributed by atoms with Gasteiger partial charge in [-0.25, -0.2) is 8.42 Å². The fourth-order valence-electron chi connectivity index (χ4n) is 2.02. The summed E-state index contributed by atoms with van der Waals surface area (Å²) < 4.78 is 22.4. The zero-order valence-corrected chi connectivity index (χ0v) is 11.1. The molecule has 3 N–H and O–H groups in total. The Hall–Kier alpha value is -0.780. The van der Waals surface area contributed by atoms with Crippen molar-refractivity contribution in [3.05, 3.63) is 0 Å². The highest BCUT2D eigenvalue weighted by atomic mass is 32.2. The van der Waals surface area contributed by atoms with E-state index in [9.17, 15) is 8.42 Å². The summed E-state index contributed by atoms with van der Waals surface area (Å²) in [4.78, 5) is 4.16. The van der Waals surface area contributed by atoms with Crippen molar-refractivity contribution in [2.45, 2.75) is 36.9 Å². The van der Waals surface area contributed by atoms with Crippen LogP contribution in [0.2, 0.25) is 0 Å². The predicted molar refractivity (Wildman–Crippen MR) is 68.6 cm³/mol. The third kappa shape index (κ3) is 2.91. The van der Waals surface area contributed by atoms with E-state index in [4.69, 9.17) is 5.73 Å². The fourth-order valence-corrected chi connectivity index (χ4v) is 3.16. The summed E-state index contributed by atoms with van der Waals surface area (Å²) in [6.45, 7) is 1.16. The van der Waals surface area contributed by atoms with Crippen LogP contribution in [0.15, 0.2) is 4.99 Å². The van der Waals surface area contributed by atoms with Gasteiger partial charge < -0.3 is 11.1 Å². The third-order valence-electron chi connectivity index (χ3n) is 3.93. The van der Waals surface area contributed by atoms with E-state index < -0.39 is 14.6 Å². The van der Waals surface area contributed by atoms with Gasteiger partial charge in [0.05, 0.1) is 11.3 Å². The van der Waals surface area contributed by atoms with E-state index in [1.54, 1.807) is 0 Å². The maximum atomic E-state index is 11.5.